The number of hydrogen-bond donors (Lipinski definition) is 1. The molecule has 0 saturated carbocycles. The van der Waals surface area contributed by atoms with E-state index in [9.17, 15) is 31.1 Å². The van der Waals surface area contributed by atoms with E-state index in [-0.39, 0.29) is 11.3 Å². The van der Waals surface area contributed by atoms with Crippen molar-refractivity contribution >= 4 is 11.6 Å². The summed E-state index contributed by atoms with van der Waals surface area (Å²) in [7, 11) is 0. The first kappa shape index (κ1) is 17.8. The Morgan fingerprint density at radius 3 is 1.86 bits per heavy atom. The molecule has 9 heteroatoms. The number of hydrogen-bond acceptors (Lipinski definition) is 2. The van der Waals surface area contributed by atoms with Crippen molar-refractivity contribution in [2.45, 2.75) is 25.7 Å². The summed E-state index contributed by atoms with van der Waals surface area (Å²) in [6.45, 7) is 0.638. The van der Waals surface area contributed by atoms with Gasteiger partial charge in [0.1, 0.15) is 0 Å². The Bertz CT molecular complexity index is 569. The Labute approximate surface area is 121 Å². The summed E-state index contributed by atoms with van der Waals surface area (Å²) < 4.78 is 77.5. The van der Waals surface area contributed by atoms with E-state index >= 15 is 0 Å². The highest BCUT2D eigenvalue weighted by Gasteiger charge is 2.74. The van der Waals surface area contributed by atoms with Crippen molar-refractivity contribution in [2.24, 2.45) is 5.41 Å². The summed E-state index contributed by atoms with van der Waals surface area (Å²) in [4.78, 5) is 11.7. The summed E-state index contributed by atoms with van der Waals surface area (Å²) >= 11 is 0. The largest absolute Gasteiger partial charge is 0.412 e. The molecule has 0 heterocycles. The summed E-state index contributed by atoms with van der Waals surface area (Å²) in [5.41, 5.74) is -4.62. The Kier molecular flexibility index (Phi) is 4.75. The molecule has 0 aliphatic rings. The van der Waals surface area contributed by atoms with Crippen LogP contribution in [0.15, 0.2) is 24.3 Å². The fourth-order valence-electron chi connectivity index (χ4n) is 1.85. The van der Waals surface area contributed by atoms with Crippen LogP contribution in [0.25, 0.3) is 0 Å². The quantitative estimate of drug-likeness (QED) is 0.854. The third kappa shape index (κ3) is 3.00. The van der Waals surface area contributed by atoms with Crippen LogP contribution in [0.3, 0.4) is 0 Å². The minimum absolute atomic E-state index is 0.145. The van der Waals surface area contributed by atoms with Gasteiger partial charge in [0.25, 0.3) is 0 Å². The lowest BCUT2D eigenvalue weighted by Crippen LogP contribution is -2.57. The molecule has 0 fully saturated rings. The number of benzene rings is 1. The number of amides is 1. The Morgan fingerprint density at radius 1 is 1.09 bits per heavy atom. The molecule has 0 spiro atoms. The van der Waals surface area contributed by atoms with E-state index in [0.29, 0.717) is 6.92 Å². The number of carbonyl (C=O) groups is 1. The van der Waals surface area contributed by atoms with Gasteiger partial charge in [-0.2, -0.15) is 31.6 Å². The SMILES string of the molecule is CCC(C(=O)Nc1ccc(C#N)cc1)(C(F)(F)F)C(F)(F)F. The van der Waals surface area contributed by atoms with Gasteiger partial charge in [-0.25, -0.2) is 0 Å². The number of rotatable bonds is 3. The van der Waals surface area contributed by atoms with Crippen molar-refractivity contribution in [3.63, 3.8) is 0 Å². The predicted octanol–water partition coefficient (Wildman–Crippen LogP) is 4.02. The highest BCUT2D eigenvalue weighted by Crippen LogP contribution is 2.53. The first-order chi connectivity index (χ1) is 9.99. The molecule has 0 aliphatic heterocycles. The van der Waals surface area contributed by atoms with Crippen molar-refractivity contribution in [3.05, 3.63) is 29.8 Å². The van der Waals surface area contributed by atoms with Gasteiger partial charge in [-0.1, -0.05) is 6.92 Å². The minimum Gasteiger partial charge on any atom is -0.325 e. The second kappa shape index (κ2) is 5.87. The molecule has 120 valence electrons. The predicted molar refractivity (Wildman–Crippen MR) is 64.6 cm³/mol. The van der Waals surface area contributed by atoms with Crippen LogP contribution in [0.1, 0.15) is 18.9 Å². The molecule has 0 aliphatic carbocycles. The molecule has 0 unspecified atom stereocenters. The van der Waals surface area contributed by atoms with E-state index in [1.165, 1.54) is 0 Å². The van der Waals surface area contributed by atoms with E-state index in [4.69, 9.17) is 5.26 Å². The first-order valence-electron chi connectivity index (χ1n) is 5.94. The topological polar surface area (TPSA) is 52.9 Å². The van der Waals surface area contributed by atoms with Crippen LogP contribution in [0.4, 0.5) is 32.0 Å². The molecule has 22 heavy (non-hydrogen) atoms. The molecule has 0 radical (unpaired) electrons. The van der Waals surface area contributed by atoms with E-state index in [2.05, 4.69) is 0 Å². The molecule has 0 bridgehead atoms. The molecule has 0 atom stereocenters. The molecule has 3 nitrogen and oxygen atoms in total. The van der Waals surface area contributed by atoms with Crippen molar-refractivity contribution in [1.82, 2.24) is 0 Å². The van der Waals surface area contributed by atoms with Crippen molar-refractivity contribution < 1.29 is 31.1 Å². The molecule has 1 aromatic rings. The van der Waals surface area contributed by atoms with Crippen molar-refractivity contribution in [2.75, 3.05) is 5.32 Å². The minimum atomic E-state index is -5.79. The lowest BCUT2D eigenvalue weighted by molar-refractivity contribution is -0.324. The molecule has 0 saturated heterocycles. The number of nitrogens with zero attached hydrogens (tertiary/aromatic N) is 1. The van der Waals surface area contributed by atoms with Crippen molar-refractivity contribution in [3.8, 4) is 6.07 Å². The Balaban J connectivity index is 3.21. The normalized spacial score (nSPS) is 12.6. The third-order valence-corrected chi connectivity index (χ3v) is 3.16. The van der Waals surface area contributed by atoms with Crippen LogP contribution in [-0.2, 0) is 4.79 Å². The zero-order valence-corrected chi connectivity index (χ0v) is 11.1. The summed E-state index contributed by atoms with van der Waals surface area (Å²) in [5, 5.41) is 10.2. The van der Waals surface area contributed by atoms with Gasteiger partial charge in [0, 0.05) is 5.69 Å². The van der Waals surface area contributed by atoms with Gasteiger partial charge in [-0.15, -0.1) is 0 Å². The molecule has 1 amide bonds. The fourth-order valence-corrected chi connectivity index (χ4v) is 1.85. The third-order valence-electron chi connectivity index (χ3n) is 3.16. The molecular weight excluding hydrogens is 314 g/mol. The maximum absolute atomic E-state index is 12.9. The van der Waals surface area contributed by atoms with E-state index < -0.39 is 30.1 Å². The number of carbonyl (C=O) groups excluding carboxylic acids is 1. The fraction of sp³-hybridized carbons (Fsp3) is 0.385. The second-order valence-electron chi connectivity index (χ2n) is 4.40. The van der Waals surface area contributed by atoms with Crippen LogP contribution in [0.2, 0.25) is 0 Å². The maximum atomic E-state index is 12.9. The van der Waals surface area contributed by atoms with E-state index in [1.54, 1.807) is 11.4 Å². The van der Waals surface area contributed by atoms with E-state index in [0.717, 1.165) is 24.3 Å². The van der Waals surface area contributed by atoms with Crippen LogP contribution < -0.4 is 5.32 Å². The lowest BCUT2D eigenvalue weighted by atomic mass is 9.82. The van der Waals surface area contributed by atoms with Crippen LogP contribution in [0.5, 0.6) is 0 Å². The molecular formula is C13H10F6N2O. The Hall–Kier alpha value is -2.24. The summed E-state index contributed by atoms with van der Waals surface area (Å²) in [6.07, 6.45) is -13.1. The number of nitriles is 1. The number of nitrogens with one attached hydrogen (secondary N) is 1. The smallest absolute Gasteiger partial charge is 0.325 e. The molecule has 0 aromatic heterocycles. The zero-order chi connectivity index (χ0) is 17.2. The lowest BCUT2D eigenvalue weighted by Gasteiger charge is -2.34. The van der Waals surface area contributed by atoms with Gasteiger partial charge < -0.3 is 5.32 Å². The van der Waals surface area contributed by atoms with Crippen LogP contribution in [-0.4, -0.2) is 18.3 Å². The van der Waals surface area contributed by atoms with Gasteiger partial charge in [-0.3, -0.25) is 4.79 Å². The van der Waals surface area contributed by atoms with Gasteiger partial charge in [-0.05, 0) is 30.7 Å². The summed E-state index contributed by atoms with van der Waals surface area (Å²) in [6, 6.07) is 6.13. The highest BCUT2D eigenvalue weighted by atomic mass is 19.4. The average molecular weight is 324 g/mol. The zero-order valence-electron chi connectivity index (χ0n) is 11.1. The van der Waals surface area contributed by atoms with Crippen LogP contribution >= 0.6 is 0 Å². The second-order valence-corrected chi connectivity index (χ2v) is 4.40. The van der Waals surface area contributed by atoms with Gasteiger partial charge in [0.2, 0.25) is 11.3 Å². The molecule has 1 N–H and O–H groups in total. The standard InChI is InChI=1S/C13H10F6N2O/c1-2-11(12(14,15)16,13(17,18)19)10(22)21-9-5-3-8(7-20)4-6-9/h3-6H,2H2,1H3,(H,21,22). The average Bonchev–Trinajstić information content (AvgIpc) is 2.37. The monoisotopic (exact) mass is 324 g/mol. The van der Waals surface area contributed by atoms with Crippen molar-refractivity contribution in [1.29, 1.82) is 5.26 Å². The van der Waals surface area contributed by atoms with Gasteiger partial charge in [0.05, 0.1) is 11.6 Å². The van der Waals surface area contributed by atoms with Gasteiger partial charge in [0.15, 0.2) is 0 Å². The summed E-state index contributed by atoms with van der Waals surface area (Å²) in [5.74, 6) is -2.21. The first-order valence-corrected chi connectivity index (χ1v) is 5.94. The van der Waals surface area contributed by atoms with Crippen LogP contribution in [0, 0.1) is 16.7 Å². The maximum Gasteiger partial charge on any atom is 0.412 e. The van der Waals surface area contributed by atoms with E-state index in [1.807, 2.05) is 0 Å². The number of alkyl halides is 6. The van der Waals surface area contributed by atoms with Gasteiger partial charge >= 0.3 is 12.4 Å². The molecule has 1 rings (SSSR count). The number of halogens is 6. The molecule has 1 aromatic carbocycles. The Morgan fingerprint density at radius 2 is 1.55 bits per heavy atom. The number of anilines is 1. The highest BCUT2D eigenvalue weighted by molar-refractivity contribution is 5.96.